The number of aryl methyl sites for hydroxylation is 1. The van der Waals surface area contributed by atoms with Crippen LogP contribution in [0.5, 0.6) is 0 Å². The number of benzene rings is 1. The topological polar surface area (TPSA) is 39.3 Å². The summed E-state index contributed by atoms with van der Waals surface area (Å²) in [5, 5.41) is 1.16. The third-order valence-corrected chi connectivity index (χ3v) is 4.42. The first-order valence-electron chi connectivity index (χ1n) is 7.59. The highest BCUT2D eigenvalue weighted by Crippen LogP contribution is 2.21. The molecule has 112 valence electrons. The molecule has 1 saturated heterocycles. The van der Waals surface area contributed by atoms with E-state index < -0.39 is 0 Å². The first-order chi connectivity index (χ1) is 10.0. The lowest BCUT2D eigenvalue weighted by atomic mass is 10.1. The lowest BCUT2D eigenvalue weighted by Crippen LogP contribution is -2.53. The predicted octanol–water partition coefficient (Wildman–Crippen LogP) is 2.18. The molecule has 1 amide bonds. The number of piperazine rings is 1. The highest BCUT2D eigenvalue weighted by Gasteiger charge is 2.26. The zero-order valence-electron chi connectivity index (χ0n) is 13.0. The van der Waals surface area contributed by atoms with Gasteiger partial charge in [-0.1, -0.05) is 12.1 Å². The zero-order chi connectivity index (χ0) is 15.0. The van der Waals surface area contributed by atoms with Gasteiger partial charge < -0.3 is 14.8 Å². The molecule has 2 heterocycles. The van der Waals surface area contributed by atoms with Crippen LogP contribution >= 0.6 is 0 Å². The summed E-state index contributed by atoms with van der Waals surface area (Å²) in [5.74, 6) is 0.233. The molecule has 1 atom stereocenters. The molecule has 4 nitrogen and oxygen atoms in total. The summed E-state index contributed by atoms with van der Waals surface area (Å²) in [4.78, 5) is 20.2. The molecule has 1 fully saturated rings. The molecule has 0 spiro atoms. The largest absolute Gasteiger partial charge is 0.361 e. The van der Waals surface area contributed by atoms with Gasteiger partial charge in [-0.2, -0.15) is 0 Å². The summed E-state index contributed by atoms with van der Waals surface area (Å²) in [5.41, 5.74) is 3.44. The summed E-state index contributed by atoms with van der Waals surface area (Å²) < 4.78 is 0. The van der Waals surface area contributed by atoms with Crippen molar-refractivity contribution in [3.8, 4) is 0 Å². The average Bonchev–Trinajstić information content (AvgIpc) is 2.80. The number of likely N-dealkylation sites (N-methyl/N-ethyl adjacent to an activating group) is 1. The first-order valence-corrected chi connectivity index (χ1v) is 7.59. The minimum Gasteiger partial charge on any atom is -0.361 e. The molecule has 0 unspecified atom stereocenters. The van der Waals surface area contributed by atoms with Crippen molar-refractivity contribution in [1.29, 1.82) is 0 Å². The van der Waals surface area contributed by atoms with Crippen molar-refractivity contribution in [2.45, 2.75) is 26.3 Å². The Morgan fingerprint density at radius 3 is 2.95 bits per heavy atom. The van der Waals surface area contributed by atoms with E-state index in [-0.39, 0.29) is 5.91 Å². The predicted molar refractivity (Wildman–Crippen MR) is 85.4 cm³/mol. The van der Waals surface area contributed by atoms with E-state index in [1.807, 2.05) is 11.1 Å². The van der Waals surface area contributed by atoms with Crippen molar-refractivity contribution < 1.29 is 4.79 Å². The smallest absolute Gasteiger partial charge is 0.227 e. The molecule has 21 heavy (non-hydrogen) atoms. The van der Waals surface area contributed by atoms with Crippen molar-refractivity contribution in [2.75, 3.05) is 26.7 Å². The number of hydrogen-bond donors (Lipinski definition) is 1. The molecule has 3 rings (SSSR count). The molecule has 0 radical (unpaired) electrons. The van der Waals surface area contributed by atoms with Crippen LogP contribution in [0.4, 0.5) is 0 Å². The second-order valence-corrected chi connectivity index (χ2v) is 6.24. The summed E-state index contributed by atoms with van der Waals surface area (Å²) >= 11 is 0. The first kappa shape index (κ1) is 14.1. The van der Waals surface area contributed by atoms with Gasteiger partial charge in [-0.15, -0.1) is 0 Å². The van der Waals surface area contributed by atoms with E-state index in [0.29, 0.717) is 12.5 Å². The summed E-state index contributed by atoms with van der Waals surface area (Å²) in [7, 11) is 2.11. The van der Waals surface area contributed by atoms with Crippen molar-refractivity contribution in [1.82, 2.24) is 14.8 Å². The van der Waals surface area contributed by atoms with E-state index in [1.54, 1.807) is 0 Å². The van der Waals surface area contributed by atoms with Gasteiger partial charge in [0.05, 0.1) is 6.42 Å². The highest BCUT2D eigenvalue weighted by molar-refractivity contribution is 5.89. The lowest BCUT2D eigenvalue weighted by Gasteiger charge is -2.38. The third-order valence-electron chi connectivity index (χ3n) is 4.42. The fourth-order valence-corrected chi connectivity index (χ4v) is 3.22. The standard InChI is InChI=1S/C17H23N3O/c1-12-4-5-15-14(10-18-16(15)8-12)9-17(21)20-7-6-19(3)11-13(20)2/h4-5,8,10,13,18H,6-7,9,11H2,1-3H3/t13-/m0/s1. The van der Waals surface area contributed by atoms with Crippen LogP contribution in [0.15, 0.2) is 24.4 Å². The number of aromatic nitrogens is 1. The van der Waals surface area contributed by atoms with E-state index in [9.17, 15) is 4.79 Å². The van der Waals surface area contributed by atoms with Gasteiger partial charge >= 0.3 is 0 Å². The van der Waals surface area contributed by atoms with Gasteiger partial charge in [-0.25, -0.2) is 0 Å². The van der Waals surface area contributed by atoms with Gasteiger partial charge in [0, 0.05) is 42.8 Å². The quantitative estimate of drug-likeness (QED) is 0.918. The maximum atomic E-state index is 12.6. The third kappa shape index (κ3) is 2.81. The van der Waals surface area contributed by atoms with Gasteiger partial charge in [0.2, 0.25) is 5.91 Å². The SMILES string of the molecule is Cc1ccc2c(CC(=O)N3CCN(C)C[C@@H]3C)c[nH]c2c1. The Hall–Kier alpha value is -1.81. The van der Waals surface area contributed by atoms with Crippen LogP contribution < -0.4 is 0 Å². The molecule has 0 bridgehead atoms. The van der Waals surface area contributed by atoms with Crippen LogP contribution in [0.1, 0.15) is 18.1 Å². The number of fused-ring (bicyclic) bond motifs is 1. The van der Waals surface area contributed by atoms with Crippen molar-refractivity contribution in [3.05, 3.63) is 35.5 Å². The Labute approximate surface area is 125 Å². The highest BCUT2D eigenvalue weighted by atomic mass is 16.2. The van der Waals surface area contributed by atoms with Gasteiger partial charge in [0.25, 0.3) is 0 Å². The van der Waals surface area contributed by atoms with Crippen molar-refractivity contribution in [3.63, 3.8) is 0 Å². The van der Waals surface area contributed by atoms with E-state index in [0.717, 1.165) is 36.1 Å². The maximum absolute atomic E-state index is 12.6. The lowest BCUT2D eigenvalue weighted by molar-refractivity contribution is -0.134. The number of aromatic amines is 1. The fraction of sp³-hybridized carbons (Fsp3) is 0.471. The molecular weight excluding hydrogens is 262 g/mol. The van der Waals surface area contributed by atoms with Crippen molar-refractivity contribution >= 4 is 16.8 Å². The van der Waals surface area contributed by atoms with Crippen LogP contribution in [0.25, 0.3) is 10.9 Å². The van der Waals surface area contributed by atoms with E-state index >= 15 is 0 Å². The fourth-order valence-electron chi connectivity index (χ4n) is 3.22. The number of nitrogens with one attached hydrogen (secondary N) is 1. The van der Waals surface area contributed by atoms with E-state index in [1.165, 1.54) is 5.56 Å². The molecule has 4 heteroatoms. The Balaban J connectivity index is 1.77. The molecule has 1 aliphatic heterocycles. The number of carbonyl (C=O) groups is 1. The number of rotatable bonds is 2. The Morgan fingerprint density at radius 1 is 1.38 bits per heavy atom. The maximum Gasteiger partial charge on any atom is 0.227 e. The molecule has 0 aliphatic carbocycles. The minimum absolute atomic E-state index is 0.233. The summed E-state index contributed by atoms with van der Waals surface area (Å²) in [6.07, 6.45) is 2.46. The summed E-state index contributed by atoms with van der Waals surface area (Å²) in [6, 6.07) is 6.63. The molecule has 1 N–H and O–H groups in total. The van der Waals surface area contributed by atoms with Crippen LogP contribution in [-0.2, 0) is 11.2 Å². The average molecular weight is 285 g/mol. The molecule has 0 saturated carbocycles. The van der Waals surface area contributed by atoms with Crippen molar-refractivity contribution in [2.24, 2.45) is 0 Å². The zero-order valence-corrected chi connectivity index (χ0v) is 13.0. The normalized spacial score (nSPS) is 20.1. The summed E-state index contributed by atoms with van der Waals surface area (Å²) in [6.45, 7) is 6.96. The Kier molecular flexibility index (Phi) is 3.72. The van der Waals surface area contributed by atoms with Gasteiger partial charge in [0.15, 0.2) is 0 Å². The van der Waals surface area contributed by atoms with E-state index in [2.05, 4.69) is 49.0 Å². The molecular formula is C17H23N3O. The molecule has 1 aromatic heterocycles. The van der Waals surface area contributed by atoms with Crippen LogP contribution in [0, 0.1) is 6.92 Å². The van der Waals surface area contributed by atoms with Gasteiger partial charge in [-0.3, -0.25) is 4.79 Å². The molecule has 2 aromatic rings. The Morgan fingerprint density at radius 2 is 2.19 bits per heavy atom. The number of carbonyl (C=O) groups excluding carboxylic acids is 1. The van der Waals surface area contributed by atoms with Crippen LogP contribution in [0.3, 0.4) is 0 Å². The number of amides is 1. The second kappa shape index (κ2) is 5.53. The Bertz CT molecular complexity index is 661. The molecule has 1 aromatic carbocycles. The number of nitrogens with zero attached hydrogens (tertiary/aromatic N) is 2. The van der Waals surface area contributed by atoms with Gasteiger partial charge in [0.1, 0.15) is 0 Å². The second-order valence-electron chi connectivity index (χ2n) is 6.24. The number of H-pyrrole nitrogens is 1. The van der Waals surface area contributed by atoms with Crippen LogP contribution in [0.2, 0.25) is 0 Å². The van der Waals surface area contributed by atoms with Gasteiger partial charge in [-0.05, 0) is 38.1 Å². The minimum atomic E-state index is 0.233. The number of hydrogen-bond acceptors (Lipinski definition) is 2. The monoisotopic (exact) mass is 285 g/mol. The molecule has 1 aliphatic rings. The van der Waals surface area contributed by atoms with Crippen LogP contribution in [-0.4, -0.2) is 53.4 Å². The van der Waals surface area contributed by atoms with E-state index in [4.69, 9.17) is 0 Å².